The molecule has 154 valence electrons. The third-order valence-electron chi connectivity index (χ3n) is 4.07. The smallest absolute Gasteiger partial charge is 0.323 e. The van der Waals surface area contributed by atoms with Crippen LogP contribution in [0.5, 0.6) is 0 Å². The van der Waals surface area contributed by atoms with Crippen LogP contribution in [-0.2, 0) is 9.53 Å². The lowest BCUT2D eigenvalue weighted by atomic mass is 10.1. The zero-order valence-corrected chi connectivity index (χ0v) is 17.5. The summed E-state index contributed by atoms with van der Waals surface area (Å²) in [5.41, 5.74) is 3.17. The molecule has 9 heteroatoms. The van der Waals surface area contributed by atoms with Gasteiger partial charge in [0.15, 0.2) is 0 Å². The predicted molar refractivity (Wildman–Crippen MR) is 119 cm³/mol. The van der Waals surface area contributed by atoms with Crippen LogP contribution >= 0.6 is 23.2 Å². The maximum atomic E-state index is 12.2. The lowest BCUT2D eigenvalue weighted by Gasteiger charge is -2.09. The van der Waals surface area contributed by atoms with Gasteiger partial charge in [0.25, 0.3) is 0 Å². The van der Waals surface area contributed by atoms with Crippen LogP contribution in [0.1, 0.15) is 12.0 Å². The molecular weight excluding hydrogens is 427 g/mol. The fourth-order valence-corrected chi connectivity index (χ4v) is 2.97. The van der Waals surface area contributed by atoms with E-state index in [1.54, 1.807) is 42.5 Å². The maximum Gasteiger partial charge on any atom is 0.323 e. The number of nitrogens with one attached hydrogen (secondary N) is 3. The zero-order valence-electron chi connectivity index (χ0n) is 16.0. The number of carbonyl (C=O) groups is 2. The van der Waals surface area contributed by atoms with Gasteiger partial charge >= 0.3 is 6.03 Å². The maximum absolute atomic E-state index is 12.2. The van der Waals surface area contributed by atoms with Crippen molar-refractivity contribution >= 4 is 52.2 Å². The third-order valence-corrected chi connectivity index (χ3v) is 4.81. The molecule has 7 nitrogen and oxygen atoms in total. The molecule has 1 heterocycles. The van der Waals surface area contributed by atoms with Crippen LogP contribution in [-0.4, -0.2) is 24.8 Å². The molecule has 0 fully saturated rings. The number of hydrogen-bond donors (Lipinski definition) is 3. The second-order valence-electron chi connectivity index (χ2n) is 6.28. The number of urea groups is 1. The quantitative estimate of drug-likeness (QED) is 0.582. The Bertz CT molecular complexity index is 1060. The van der Waals surface area contributed by atoms with Gasteiger partial charge < -0.3 is 20.7 Å². The van der Waals surface area contributed by atoms with E-state index in [4.69, 9.17) is 27.9 Å². The number of anilines is 2. The van der Waals surface area contributed by atoms with Crippen LogP contribution < -0.4 is 16.0 Å². The highest BCUT2D eigenvalue weighted by Gasteiger charge is 2.18. The fourth-order valence-electron chi connectivity index (χ4n) is 2.68. The minimum Gasteiger partial charge on any atom is -0.502 e. The van der Waals surface area contributed by atoms with Crippen LogP contribution in [0.2, 0.25) is 10.0 Å². The Kier molecular flexibility index (Phi) is 6.76. The molecule has 0 bridgehead atoms. The summed E-state index contributed by atoms with van der Waals surface area (Å²) < 4.78 is 4.94. The molecule has 3 amide bonds. The number of benzene rings is 2. The molecule has 0 unspecified atom stereocenters. The van der Waals surface area contributed by atoms with Gasteiger partial charge in [-0.25, -0.2) is 4.79 Å². The van der Waals surface area contributed by atoms with Crippen molar-refractivity contribution in [2.75, 3.05) is 17.7 Å². The minimum absolute atomic E-state index is 0.0880. The largest absolute Gasteiger partial charge is 0.502 e. The number of ether oxygens (including phenoxy) is 1. The second-order valence-corrected chi connectivity index (χ2v) is 7.10. The van der Waals surface area contributed by atoms with Gasteiger partial charge in [-0.05, 0) is 35.9 Å². The Labute approximate surface area is 183 Å². The summed E-state index contributed by atoms with van der Waals surface area (Å²) in [6.07, 6.45) is 1.47. The van der Waals surface area contributed by atoms with Gasteiger partial charge in [0, 0.05) is 11.4 Å². The number of hydrogen-bond acceptors (Lipinski definition) is 4. The molecule has 0 saturated heterocycles. The molecule has 0 saturated carbocycles. The number of rotatable bonds is 4. The molecule has 2 aromatic carbocycles. The lowest BCUT2D eigenvalue weighted by Crippen LogP contribution is -2.23. The molecular formula is C21H18Cl2N4O3. The van der Waals surface area contributed by atoms with Crippen molar-refractivity contribution in [3.63, 3.8) is 0 Å². The van der Waals surface area contributed by atoms with E-state index in [2.05, 4.69) is 27.5 Å². The van der Waals surface area contributed by atoms with Gasteiger partial charge in [0.2, 0.25) is 5.91 Å². The van der Waals surface area contributed by atoms with E-state index in [0.29, 0.717) is 38.5 Å². The Balaban J connectivity index is 1.69. The summed E-state index contributed by atoms with van der Waals surface area (Å²) >= 11 is 11.8. The number of amides is 3. The van der Waals surface area contributed by atoms with Gasteiger partial charge in [0.1, 0.15) is 12.0 Å². The predicted octanol–water partition coefficient (Wildman–Crippen LogP) is 4.95. The zero-order chi connectivity index (χ0) is 21.7. The molecule has 0 atom stereocenters. The van der Waals surface area contributed by atoms with Crippen LogP contribution in [0.15, 0.2) is 71.7 Å². The molecule has 3 N–H and O–H groups in total. The highest BCUT2D eigenvalue weighted by atomic mass is 35.5. The first-order valence-corrected chi connectivity index (χ1v) is 9.54. The topological polar surface area (TPSA) is 91.8 Å². The summed E-state index contributed by atoms with van der Waals surface area (Å²) in [5, 5.41) is 8.84. The van der Waals surface area contributed by atoms with Crippen molar-refractivity contribution in [2.24, 2.45) is 4.99 Å². The Morgan fingerprint density at radius 3 is 2.47 bits per heavy atom. The van der Waals surface area contributed by atoms with Gasteiger partial charge in [-0.1, -0.05) is 41.9 Å². The van der Waals surface area contributed by atoms with Crippen LogP contribution in [0.3, 0.4) is 0 Å². The minimum atomic E-state index is -0.435. The van der Waals surface area contributed by atoms with Crippen LogP contribution in [0.4, 0.5) is 16.2 Å². The molecule has 0 aliphatic carbocycles. The van der Waals surface area contributed by atoms with Crippen LogP contribution in [0.25, 0.3) is 0 Å². The lowest BCUT2D eigenvalue weighted by molar-refractivity contribution is -0.119. The molecule has 0 radical (unpaired) electrons. The van der Waals surface area contributed by atoms with E-state index in [1.807, 2.05) is 0 Å². The summed E-state index contributed by atoms with van der Waals surface area (Å²) in [7, 11) is 1.48. The van der Waals surface area contributed by atoms with Crippen LogP contribution in [0, 0.1) is 0 Å². The van der Waals surface area contributed by atoms with E-state index in [9.17, 15) is 9.59 Å². The number of aliphatic imine (C=N–C) groups is 1. The molecule has 2 aromatic rings. The van der Waals surface area contributed by atoms with Gasteiger partial charge in [0.05, 0.1) is 35.0 Å². The molecule has 0 spiro atoms. The molecule has 3 rings (SSSR count). The first-order chi connectivity index (χ1) is 14.4. The average molecular weight is 445 g/mol. The Morgan fingerprint density at radius 2 is 1.80 bits per heavy atom. The van der Waals surface area contributed by atoms with Crippen molar-refractivity contribution in [1.82, 2.24) is 5.32 Å². The normalized spacial score (nSPS) is 15.2. The first-order valence-electron chi connectivity index (χ1n) is 8.79. The van der Waals surface area contributed by atoms with E-state index < -0.39 is 6.03 Å². The van der Waals surface area contributed by atoms with Gasteiger partial charge in [-0.3, -0.25) is 9.79 Å². The average Bonchev–Trinajstić information content (AvgIpc) is 2.84. The SMILES string of the molecule is C=C1N=C(c2ccc(NC(=O)Nc3ccc(Cl)c(Cl)c3)cc2)CC(=O)N/C1=C/OC. The highest BCUT2D eigenvalue weighted by molar-refractivity contribution is 6.42. The number of nitrogens with zero attached hydrogens (tertiary/aromatic N) is 1. The van der Waals surface area contributed by atoms with Gasteiger partial charge in [-0.15, -0.1) is 0 Å². The fraction of sp³-hybridized carbons (Fsp3) is 0.0952. The molecule has 0 aromatic heterocycles. The number of carbonyl (C=O) groups excluding carboxylic acids is 2. The first kappa shape index (κ1) is 21.4. The summed E-state index contributed by atoms with van der Waals surface area (Å²) in [4.78, 5) is 28.7. The molecule has 1 aliphatic rings. The summed E-state index contributed by atoms with van der Waals surface area (Å²) in [6, 6.07) is 11.3. The monoisotopic (exact) mass is 444 g/mol. The van der Waals surface area contributed by atoms with Crippen molar-refractivity contribution in [1.29, 1.82) is 0 Å². The van der Waals surface area contributed by atoms with Crippen molar-refractivity contribution in [3.8, 4) is 0 Å². The van der Waals surface area contributed by atoms with E-state index in [-0.39, 0.29) is 12.3 Å². The standard InChI is InChI=1S/C21H18Cl2N4O3/c1-12-19(11-30-2)27-20(28)10-18(24-12)13-3-5-14(6-4-13)25-21(29)26-15-7-8-16(22)17(23)9-15/h3-9,11H,1,10H2,2H3,(H,27,28)(H2,25,26,29)/b19-11+. The molecule has 1 aliphatic heterocycles. The summed E-state index contributed by atoms with van der Waals surface area (Å²) in [6.45, 7) is 3.86. The van der Waals surface area contributed by atoms with E-state index in [0.717, 1.165) is 5.56 Å². The Hall–Kier alpha value is -3.29. The third kappa shape index (κ3) is 5.40. The summed E-state index contributed by atoms with van der Waals surface area (Å²) in [5.74, 6) is -0.223. The van der Waals surface area contributed by atoms with Crippen molar-refractivity contribution in [2.45, 2.75) is 6.42 Å². The van der Waals surface area contributed by atoms with E-state index >= 15 is 0 Å². The van der Waals surface area contributed by atoms with E-state index in [1.165, 1.54) is 13.4 Å². The number of methoxy groups -OCH3 is 1. The highest BCUT2D eigenvalue weighted by Crippen LogP contribution is 2.25. The Morgan fingerprint density at radius 1 is 1.13 bits per heavy atom. The van der Waals surface area contributed by atoms with Gasteiger partial charge in [-0.2, -0.15) is 0 Å². The molecule has 30 heavy (non-hydrogen) atoms. The second kappa shape index (κ2) is 9.47. The van der Waals surface area contributed by atoms with Crippen molar-refractivity contribution < 1.29 is 14.3 Å². The van der Waals surface area contributed by atoms with Crippen molar-refractivity contribution in [3.05, 3.63) is 82.3 Å². The number of halogens is 2.